The minimum atomic E-state index is -3.32. The van der Waals surface area contributed by atoms with E-state index in [1.807, 2.05) is 85.7 Å². The lowest BCUT2D eigenvalue weighted by Gasteiger charge is -2.30. The van der Waals surface area contributed by atoms with Crippen LogP contribution < -0.4 is 15.5 Å². The van der Waals surface area contributed by atoms with Crippen LogP contribution in [0.3, 0.4) is 0 Å². The van der Waals surface area contributed by atoms with Gasteiger partial charge in [-0.25, -0.2) is 0 Å². The third kappa shape index (κ3) is 6.03. The van der Waals surface area contributed by atoms with Crippen LogP contribution in [0.15, 0.2) is 78.9 Å². The zero-order valence-electron chi connectivity index (χ0n) is 19.8. The summed E-state index contributed by atoms with van der Waals surface area (Å²) < 4.78 is 21.1. The molecule has 170 valence electrons. The smallest absolute Gasteiger partial charge is 0.258 e. The number of hydrogen-bond donors (Lipinski definition) is 1. The molecule has 0 saturated carbocycles. The summed E-state index contributed by atoms with van der Waals surface area (Å²) in [5.41, 5.74) is 4.09. The molecule has 1 N–H and O–H groups in total. The van der Waals surface area contributed by atoms with E-state index in [-0.39, 0.29) is 0 Å². The average molecular weight is 451 g/mol. The van der Waals surface area contributed by atoms with Crippen LogP contribution in [0.25, 0.3) is 0 Å². The number of para-hydroxylation sites is 1. The van der Waals surface area contributed by atoms with E-state index >= 15 is 0 Å². The van der Waals surface area contributed by atoms with Gasteiger partial charge in [-0.05, 0) is 61.2 Å². The van der Waals surface area contributed by atoms with E-state index in [1.54, 1.807) is 0 Å². The highest BCUT2D eigenvalue weighted by Crippen LogP contribution is 2.59. The van der Waals surface area contributed by atoms with Crippen LogP contribution in [0, 0.1) is 12.8 Å². The van der Waals surface area contributed by atoms with Crippen LogP contribution >= 0.6 is 7.37 Å². The van der Waals surface area contributed by atoms with Crippen molar-refractivity contribution < 1.29 is 9.09 Å². The minimum Gasteiger partial charge on any atom is -0.378 e. The normalized spacial score (nSPS) is 14.1. The Morgan fingerprint density at radius 2 is 1.53 bits per heavy atom. The lowest BCUT2D eigenvalue weighted by atomic mass is 10.1. The number of nitrogens with zero attached hydrogens (tertiary/aromatic N) is 1. The van der Waals surface area contributed by atoms with Crippen molar-refractivity contribution in [3.05, 3.63) is 90.0 Å². The third-order valence-corrected chi connectivity index (χ3v) is 8.21. The monoisotopic (exact) mass is 450 g/mol. The predicted molar refractivity (Wildman–Crippen MR) is 137 cm³/mol. The second-order valence-electron chi connectivity index (χ2n) is 8.85. The Morgan fingerprint density at radius 1 is 0.906 bits per heavy atom. The molecular weight excluding hydrogens is 415 g/mol. The molecule has 0 saturated heterocycles. The Balaban J connectivity index is 2.08. The van der Waals surface area contributed by atoms with E-state index in [0.717, 1.165) is 34.2 Å². The Kier molecular flexibility index (Phi) is 8.17. The first-order valence-corrected chi connectivity index (χ1v) is 12.9. The molecule has 3 aromatic rings. The summed E-state index contributed by atoms with van der Waals surface area (Å²) in [5, 5.41) is 4.25. The third-order valence-electron chi connectivity index (χ3n) is 5.51. The van der Waals surface area contributed by atoms with Gasteiger partial charge in [0, 0.05) is 30.8 Å². The fourth-order valence-electron chi connectivity index (χ4n) is 3.49. The molecule has 3 aromatic carbocycles. The maximum Gasteiger partial charge on any atom is 0.258 e. The summed E-state index contributed by atoms with van der Waals surface area (Å²) in [7, 11) is 0.679. The molecule has 0 bridgehead atoms. The molecule has 0 aliphatic heterocycles. The van der Waals surface area contributed by atoms with Crippen molar-refractivity contribution in [2.75, 3.05) is 30.9 Å². The highest BCUT2D eigenvalue weighted by Gasteiger charge is 2.38. The summed E-state index contributed by atoms with van der Waals surface area (Å²) in [4.78, 5) is 2.04. The Labute approximate surface area is 193 Å². The molecule has 5 heteroatoms. The quantitative estimate of drug-likeness (QED) is 0.344. The number of benzene rings is 3. The van der Waals surface area contributed by atoms with E-state index in [1.165, 1.54) is 0 Å². The molecule has 0 fully saturated rings. The molecule has 0 heterocycles. The van der Waals surface area contributed by atoms with Gasteiger partial charge in [-0.3, -0.25) is 4.57 Å². The molecule has 0 amide bonds. The minimum absolute atomic E-state index is 0.448. The van der Waals surface area contributed by atoms with Crippen molar-refractivity contribution in [1.82, 2.24) is 0 Å². The number of anilines is 2. The summed E-state index contributed by atoms with van der Waals surface area (Å²) >= 11 is 0. The Bertz CT molecular complexity index is 1020. The highest BCUT2D eigenvalue weighted by atomic mass is 31.2. The van der Waals surface area contributed by atoms with Crippen LogP contribution in [0.1, 0.15) is 37.2 Å². The van der Waals surface area contributed by atoms with Crippen molar-refractivity contribution in [3.8, 4) is 0 Å². The molecule has 0 aliphatic rings. The topological polar surface area (TPSA) is 41.6 Å². The SMILES string of the molecule is Cc1ccc([C@@H](Nc2ccccc2)[P@@](=O)(OCCC(C)C)c2ccc(N(C)C)cc2)cc1. The average Bonchev–Trinajstić information content (AvgIpc) is 2.78. The fraction of sp³-hybridized carbons (Fsp3) is 0.333. The standard InChI is InChI=1S/C27H35N2O2P/c1-21(2)19-20-31-32(30,26-17-15-25(16-18-26)29(4)5)27(23-13-11-22(3)12-14-23)28-24-9-7-6-8-10-24/h6-18,21,27-28H,19-20H2,1-5H3/t27-,32-/m0/s1. The molecule has 0 aromatic heterocycles. The first kappa shape index (κ1) is 24.1. The van der Waals surface area contributed by atoms with Crippen LogP contribution in [0.5, 0.6) is 0 Å². The van der Waals surface area contributed by atoms with Crippen molar-refractivity contribution >= 4 is 24.0 Å². The van der Waals surface area contributed by atoms with E-state index in [0.29, 0.717) is 12.5 Å². The van der Waals surface area contributed by atoms with Gasteiger partial charge in [0.05, 0.1) is 6.61 Å². The van der Waals surface area contributed by atoms with Gasteiger partial charge in [-0.1, -0.05) is 61.9 Å². The van der Waals surface area contributed by atoms with Crippen molar-refractivity contribution in [1.29, 1.82) is 0 Å². The predicted octanol–water partition coefficient (Wildman–Crippen LogP) is 6.84. The van der Waals surface area contributed by atoms with E-state index in [4.69, 9.17) is 4.52 Å². The van der Waals surface area contributed by atoms with Gasteiger partial charge < -0.3 is 14.7 Å². The lowest BCUT2D eigenvalue weighted by molar-refractivity contribution is 0.290. The molecule has 0 aliphatic carbocycles. The summed E-state index contributed by atoms with van der Waals surface area (Å²) in [6, 6.07) is 26.0. The summed E-state index contributed by atoms with van der Waals surface area (Å²) in [6.07, 6.45) is 0.853. The largest absolute Gasteiger partial charge is 0.378 e. The van der Waals surface area contributed by atoms with E-state index in [9.17, 15) is 4.57 Å². The van der Waals surface area contributed by atoms with Gasteiger partial charge in [-0.2, -0.15) is 0 Å². The lowest BCUT2D eigenvalue weighted by Crippen LogP contribution is -2.21. The zero-order valence-corrected chi connectivity index (χ0v) is 20.7. The molecule has 2 atom stereocenters. The second-order valence-corrected chi connectivity index (χ2v) is 11.3. The van der Waals surface area contributed by atoms with Gasteiger partial charge in [0.25, 0.3) is 7.37 Å². The van der Waals surface area contributed by atoms with Gasteiger partial charge in [0.2, 0.25) is 0 Å². The van der Waals surface area contributed by atoms with Crippen LogP contribution in [-0.2, 0) is 9.09 Å². The van der Waals surface area contributed by atoms with Crippen LogP contribution in [0.2, 0.25) is 0 Å². The van der Waals surface area contributed by atoms with Crippen LogP contribution in [0.4, 0.5) is 11.4 Å². The number of hydrogen-bond acceptors (Lipinski definition) is 4. The van der Waals surface area contributed by atoms with E-state index < -0.39 is 13.2 Å². The second kappa shape index (κ2) is 10.8. The fourth-order valence-corrected chi connectivity index (χ4v) is 5.91. The number of aryl methyl sites for hydroxylation is 1. The number of rotatable bonds is 10. The van der Waals surface area contributed by atoms with Crippen molar-refractivity contribution in [3.63, 3.8) is 0 Å². The van der Waals surface area contributed by atoms with Gasteiger partial charge >= 0.3 is 0 Å². The molecule has 32 heavy (non-hydrogen) atoms. The summed E-state index contributed by atoms with van der Waals surface area (Å²) in [6.45, 7) is 6.81. The molecule has 0 spiro atoms. The Hall–Kier alpha value is -2.55. The molecule has 0 unspecified atom stereocenters. The maximum atomic E-state index is 14.8. The Morgan fingerprint density at radius 3 is 2.09 bits per heavy atom. The van der Waals surface area contributed by atoms with Gasteiger partial charge in [0.15, 0.2) is 0 Å². The van der Waals surface area contributed by atoms with Crippen LogP contribution in [-0.4, -0.2) is 20.7 Å². The number of nitrogens with one attached hydrogen (secondary N) is 1. The first-order valence-electron chi connectivity index (χ1n) is 11.2. The molecular formula is C27H35N2O2P. The molecule has 3 rings (SSSR count). The van der Waals surface area contributed by atoms with Crippen molar-refractivity contribution in [2.45, 2.75) is 33.0 Å². The summed E-state index contributed by atoms with van der Waals surface area (Å²) in [5.74, 6) is -0.0256. The zero-order chi connectivity index (χ0) is 23.1. The van der Waals surface area contributed by atoms with Crippen molar-refractivity contribution in [2.24, 2.45) is 5.92 Å². The maximum absolute atomic E-state index is 14.8. The molecule has 4 nitrogen and oxygen atoms in total. The van der Waals surface area contributed by atoms with Gasteiger partial charge in [-0.15, -0.1) is 0 Å². The van der Waals surface area contributed by atoms with Gasteiger partial charge in [0.1, 0.15) is 5.78 Å². The first-order chi connectivity index (χ1) is 15.3. The molecule has 0 radical (unpaired) electrons. The van der Waals surface area contributed by atoms with E-state index in [2.05, 4.69) is 38.2 Å². The highest BCUT2D eigenvalue weighted by molar-refractivity contribution is 7.67.